The van der Waals surface area contributed by atoms with E-state index in [1.54, 1.807) is 24.3 Å². The number of aliphatic hydroxyl groups excluding tert-OH is 1. The molecule has 0 bridgehead atoms. The van der Waals surface area contributed by atoms with Gasteiger partial charge in [0, 0.05) is 12.1 Å². The van der Waals surface area contributed by atoms with Gasteiger partial charge < -0.3 is 24.1 Å². The van der Waals surface area contributed by atoms with Gasteiger partial charge in [-0.25, -0.2) is 0 Å². The zero-order valence-corrected chi connectivity index (χ0v) is 19.4. The number of carbonyl (C=O) groups is 2. The maximum atomic E-state index is 13.0. The molecule has 1 saturated heterocycles. The first kappa shape index (κ1) is 23.9. The lowest BCUT2D eigenvalue weighted by Gasteiger charge is -2.25. The van der Waals surface area contributed by atoms with Crippen molar-refractivity contribution in [2.24, 2.45) is 0 Å². The van der Waals surface area contributed by atoms with Crippen molar-refractivity contribution >= 4 is 29.1 Å². The number of hydrogen-bond donors (Lipinski definition) is 1. The Hall–Kier alpha value is -2.77. The van der Waals surface area contributed by atoms with E-state index in [0.29, 0.717) is 41.7 Å². The Labute approximate surface area is 193 Å². The lowest BCUT2D eigenvalue weighted by Crippen LogP contribution is -2.33. The number of likely N-dealkylation sites (tertiary alicyclic amines) is 1. The summed E-state index contributed by atoms with van der Waals surface area (Å²) in [6.45, 7) is 9.45. The SMILES string of the molecule is CCOc1ccc(C(O)=C2C(=O)C(=O)N(CCCN(CC)CC)[C@@H]2c2ccco2)cc1Cl. The molecule has 1 aromatic carbocycles. The van der Waals surface area contributed by atoms with Crippen LogP contribution in [-0.4, -0.2) is 59.4 Å². The minimum atomic E-state index is -0.799. The molecular formula is C24H29ClN2O5. The van der Waals surface area contributed by atoms with Gasteiger partial charge in [0.15, 0.2) is 0 Å². The van der Waals surface area contributed by atoms with Crippen LogP contribution in [0.4, 0.5) is 0 Å². The molecule has 0 spiro atoms. The van der Waals surface area contributed by atoms with Crippen LogP contribution in [-0.2, 0) is 9.59 Å². The fraction of sp³-hybridized carbons (Fsp3) is 0.417. The van der Waals surface area contributed by atoms with E-state index in [9.17, 15) is 14.7 Å². The molecule has 0 saturated carbocycles. The highest BCUT2D eigenvalue weighted by Crippen LogP contribution is 2.40. The third-order valence-electron chi connectivity index (χ3n) is 5.63. The standard InChI is InChI=1S/C24H29ClN2O5/c1-4-26(5-2)12-8-13-27-21(19-9-7-14-32-19)20(23(29)24(27)30)22(28)16-10-11-18(31-6-3)17(25)15-16/h7,9-11,14-15,21,28H,4-6,8,12-13H2,1-3H3/t21-/m1/s1. The third kappa shape index (κ3) is 4.84. The first-order chi connectivity index (χ1) is 15.4. The largest absolute Gasteiger partial charge is 0.507 e. The number of nitrogens with zero attached hydrogens (tertiary/aromatic N) is 2. The fourth-order valence-corrected chi connectivity index (χ4v) is 4.17. The van der Waals surface area contributed by atoms with Gasteiger partial charge in [-0.3, -0.25) is 9.59 Å². The molecule has 8 heteroatoms. The van der Waals surface area contributed by atoms with E-state index in [4.69, 9.17) is 20.8 Å². The molecule has 0 aliphatic carbocycles. The van der Waals surface area contributed by atoms with Crippen LogP contribution in [0.3, 0.4) is 0 Å². The van der Waals surface area contributed by atoms with Gasteiger partial charge >= 0.3 is 0 Å². The minimum absolute atomic E-state index is 0.00647. The molecule has 172 valence electrons. The van der Waals surface area contributed by atoms with Crippen molar-refractivity contribution in [3.63, 3.8) is 0 Å². The summed E-state index contributed by atoms with van der Waals surface area (Å²) in [5.74, 6) is -0.780. The van der Waals surface area contributed by atoms with Crippen molar-refractivity contribution in [3.05, 3.63) is 58.5 Å². The summed E-state index contributed by atoms with van der Waals surface area (Å²) in [6.07, 6.45) is 2.18. The summed E-state index contributed by atoms with van der Waals surface area (Å²) in [5, 5.41) is 11.4. The van der Waals surface area contributed by atoms with Gasteiger partial charge in [0.1, 0.15) is 23.3 Å². The highest BCUT2D eigenvalue weighted by atomic mass is 35.5. The number of hydrogen-bond acceptors (Lipinski definition) is 6. The number of benzene rings is 1. The monoisotopic (exact) mass is 460 g/mol. The summed E-state index contributed by atoms with van der Waals surface area (Å²) in [5.41, 5.74) is 0.323. The molecular weight excluding hydrogens is 432 g/mol. The fourth-order valence-electron chi connectivity index (χ4n) is 3.93. The molecule has 2 aromatic rings. The number of furan rings is 1. The van der Waals surface area contributed by atoms with Gasteiger partial charge in [0.25, 0.3) is 11.7 Å². The highest BCUT2D eigenvalue weighted by molar-refractivity contribution is 6.46. The van der Waals surface area contributed by atoms with E-state index in [2.05, 4.69) is 18.7 Å². The smallest absolute Gasteiger partial charge is 0.295 e. The van der Waals surface area contributed by atoms with Gasteiger partial charge in [-0.05, 0) is 63.3 Å². The van der Waals surface area contributed by atoms with Gasteiger partial charge in [0.2, 0.25) is 0 Å². The van der Waals surface area contributed by atoms with Gasteiger partial charge in [-0.1, -0.05) is 25.4 Å². The van der Waals surface area contributed by atoms with Crippen LogP contribution in [0.15, 0.2) is 46.6 Å². The minimum Gasteiger partial charge on any atom is -0.507 e. The maximum Gasteiger partial charge on any atom is 0.295 e. The number of amides is 1. The number of rotatable bonds is 10. The van der Waals surface area contributed by atoms with Crippen LogP contribution in [0.25, 0.3) is 5.76 Å². The average molecular weight is 461 g/mol. The van der Waals surface area contributed by atoms with E-state index in [-0.39, 0.29) is 11.3 Å². The van der Waals surface area contributed by atoms with Crippen LogP contribution < -0.4 is 4.74 Å². The Morgan fingerprint density at radius 2 is 1.97 bits per heavy atom. The molecule has 2 heterocycles. The van der Waals surface area contributed by atoms with Crippen molar-refractivity contribution in [1.82, 2.24) is 9.80 Å². The Bertz CT molecular complexity index is 982. The number of aliphatic hydroxyl groups is 1. The lowest BCUT2D eigenvalue weighted by molar-refractivity contribution is -0.140. The van der Waals surface area contributed by atoms with Crippen LogP contribution in [0.2, 0.25) is 5.02 Å². The summed E-state index contributed by atoms with van der Waals surface area (Å²) in [7, 11) is 0. The maximum absolute atomic E-state index is 13.0. The molecule has 1 aromatic heterocycles. The second kappa shape index (κ2) is 10.7. The van der Waals surface area contributed by atoms with Crippen molar-refractivity contribution in [2.75, 3.05) is 32.8 Å². The van der Waals surface area contributed by atoms with Crippen LogP contribution >= 0.6 is 11.6 Å². The van der Waals surface area contributed by atoms with Crippen molar-refractivity contribution < 1.29 is 23.8 Å². The van der Waals surface area contributed by atoms with Gasteiger partial charge in [-0.15, -0.1) is 0 Å². The number of Topliss-reactive ketones (excluding diaryl/α,β-unsaturated/α-hetero) is 1. The zero-order chi connectivity index (χ0) is 23.3. The van der Waals surface area contributed by atoms with Crippen molar-refractivity contribution in [3.8, 4) is 5.75 Å². The van der Waals surface area contributed by atoms with E-state index in [1.807, 2.05) is 6.92 Å². The molecule has 1 aliphatic heterocycles. The normalized spacial score (nSPS) is 18.0. The Kier molecular flexibility index (Phi) is 7.99. The molecule has 3 rings (SSSR count). The van der Waals surface area contributed by atoms with Crippen LogP contribution in [0.5, 0.6) is 5.75 Å². The quantitative estimate of drug-likeness (QED) is 0.319. The summed E-state index contributed by atoms with van der Waals surface area (Å²) < 4.78 is 11.0. The molecule has 1 amide bonds. The predicted octanol–water partition coefficient (Wildman–Crippen LogP) is 4.49. The predicted molar refractivity (Wildman–Crippen MR) is 123 cm³/mol. The highest BCUT2D eigenvalue weighted by Gasteiger charge is 2.47. The number of halogens is 1. The molecule has 7 nitrogen and oxygen atoms in total. The Balaban J connectivity index is 1.97. The van der Waals surface area contributed by atoms with Gasteiger partial charge in [-0.2, -0.15) is 0 Å². The van der Waals surface area contributed by atoms with E-state index in [1.165, 1.54) is 17.2 Å². The molecule has 1 atom stereocenters. The molecule has 1 aliphatic rings. The lowest BCUT2D eigenvalue weighted by atomic mass is 9.99. The summed E-state index contributed by atoms with van der Waals surface area (Å²) >= 11 is 6.27. The Morgan fingerprint density at radius 1 is 1.22 bits per heavy atom. The van der Waals surface area contributed by atoms with Gasteiger partial charge in [0.05, 0.1) is 23.5 Å². The van der Waals surface area contributed by atoms with Crippen LogP contribution in [0.1, 0.15) is 44.6 Å². The first-order valence-electron chi connectivity index (χ1n) is 10.9. The molecule has 1 fully saturated rings. The van der Waals surface area contributed by atoms with E-state index in [0.717, 1.165) is 19.6 Å². The summed E-state index contributed by atoms with van der Waals surface area (Å²) in [4.78, 5) is 29.6. The van der Waals surface area contributed by atoms with E-state index < -0.39 is 17.7 Å². The van der Waals surface area contributed by atoms with E-state index >= 15 is 0 Å². The molecule has 0 unspecified atom stereocenters. The second-order valence-corrected chi connectivity index (χ2v) is 7.87. The number of ketones is 1. The molecule has 1 N–H and O–H groups in total. The average Bonchev–Trinajstić information content (AvgIpc) is 3.40. The Morgan fingerprint density at radius 3 is 2.56 bits per heavy atom. The van der Waals surface area contributed by atoms with Crippen LogP contribution in [0, 0.1) is 0 Å². The first-order valence-corrected chi connectivity index (χ1v) is 11.3. The number of ether oxygens (including phenoxy) is 1. The topological polar surface area (TPSA) is 83.2 Å². The third-order valence-corrected chi connectivity index (χ3v) is 5.92. The number of carbonyl (C=O) groups excluding carboxylic acids is 2. The second-order valence-electron chi connectivity index (χ2n) is 7.47. The zero-order valence-electron chi connectivity index (χ0n) is 18.6. The van der Waals surface area contributed by atoms with Crippen molar-refractivity contribution in [2.45, 2.75) is 33.2 Å². The molecule has 32 heavy (non-hydrogen) atoms. The summed E-state index contributed by atoms with van der Waals surface area (Å²) in [6, 6.07) is 7.36. The molecule has 0 radical (unpaired) electrons. The van der Waals surface area contributed by atoms with Crippen molar-refractivity contribution in [1.29, 1.82) is 0 Å².